The first-order valence-corrected chi connectivity index (χ1v) is 6.54. The molecule has 1 heterocycles. The number of hydrogen-bond donors (Lipinski definition) is 0. The first-order valence-electron chi connectivity index (χ1n) is 6.16. The van der Waals surface area contributed by atoms with Gasteiger partial charge in [-0.05, 0) is 37.6 Å². The Labute approximate surface area is 124 Å². The summed E-state index contributed by atoms with van der Waals surface area (Å²) < 4.78 is 49.0. The molecule has 2 rings (SSSR count). The summed E-state index contributed by atoms with van der Waals surface area (Å²) in [4.78, 5) is 11.7. The Morgan fingerprint density at radius 3 is 2.67 bits per heavy atom. The molecule has 0 saturated carbocycles. The Morgan fingerprint density at radius 2 is 2.10 bits per heavy atom. The van der Waals surface area contributed by atoms with Crippen molar-refractivity contribution < 1.29 is 27.4 Å². The van der Waals surface area contributed by atoms with E-state index in [4.69, 9.17) is 16.3 Å². The van der Waals surface area contributed by atoms with Crippen molar-refractivity contribution in [3.8, 4) is 5.75 Å². The van der Waals surface area contributed by atoms with Crippen LogP contribution in [-0.2, 0) is 9.53 Å². The number of benzene rings is 1. The lowest BCUT2D eigenvalue weighted by atomic mass is 9.99. The maximum Gasteiger partial charge on any atom is 0.430 e. The van der Waals surface area contributed by atoms with Crippen LogP contribution in [0.1, 0.15) is 18.1 Å². The number of carbonyl (C=O) groups excluding carboxylic acids is 1. The van der Waals surface area contributed by atoms with Gasteiger partial charge in [0.05, 0.1) is 12.2 Å². The summed E-state index contributed by atoms with van der Waals surface area (Å²) in [6, 6.07) is 2.94. The predicted octanol–water partition coefficient (Wildman–Crippen LogP) is 3.92. The zero-order valence-electron chi connectivity index (χ0n) is 11.3. The second-order valence-corrected chi connectivity index (χ2v) is 4.94. The predicted molar refractivity (Wildman–Crippen MR) is 71.3 cm³/mol. The summed E-state index contributed by atoms with van der Waals surface area (Å²) >= 11 is 5.87. The standard InChI is InChI=1S/C14H12ClF3O3/c1-3-20-13(19)10-6-8-5-9(15)4-7(2)11(8)21-12(10)14(16,17)18/h4-6,12H,3H2,1-2H3. The zero-order chi connectivity index (χ0) is 15.8. The van der Waals surface area contributed by atoms with Gasteiger partial charge in [-0.25, -0.2) is 4.79 Å². The van der Waals surface area contributed by atoms with E-state index in [2.05, 4.69) is 4.74 Å². The number of ether oxygens (including phenoxy) is 2. The van der Waals surface area contributed by atoms with Crippen LogP contribution in [0.4, 0.5) is 13.2 Å². The van der Waals surface area contributed by atoms with E-state index in [-0.39, 0.29) is 12.4 Å². The zero-order valence-corrected chi connectivity index (χ0v) is 12.0. The molecule has 0 N–H and O–H groups in total. The summed E-state index contributed by atoms with van der Waals surface area (Å²) in [6.45, 7) is 3.07. The Balaban J connectivity index is 2.55. The number of halogens is 4. The van der Waals surface area contributed by atoms with Gasteiger partial charge in [0.2, 0.25) is 6.10 Å². The van der Waals surface area contributed by atoms with Gasteiger partial charge in [-0.15, -0.1) is 0 Å². The number of aryl methyl sites for hydroxylation is 1. The van der Waals surface area contributed by atoms with Gasteiger partial charge < -0.3 is 9.47 Å². The van der Waals surface area contributed by atoms with Gasteiger partial charge in [-0.1, -0.05) is 11.6 Å². The minimum atomic E-state index is -4.72. The van der Waals surface area contributed by atoms with Crippen LogP contribution in [0.2, 0.25) is 5.02 Å². The third kappa shape index (κ3) is 3.15. The molecular formula is C14H12ClF3O3. The average Bonchev–Trinajstić information content (AvgIpc) is 2.36. The van der Waals surface area contributed by atoms with E-state index in [1.54, 1.807) is 6.92 Å². The Kier molecular flexibility index (Phi) is 4.18. The highest BCUT2D eigenvalue weighted by molar-refractivity contribution is 6.30. The van der Waals surface area contributed by atoms with Gasteiger partial charge in [0.25, 0.3) is 0 Å². The van der Waals surface area contributed by atoms with Crippen molar-refractivity contribution in [3.63, 3.8) is 0 Å². The van der Waals surface area contributed by atoms with Crippen LogP contribution in [0.25, 0.3) is 6.08 Å². The van der Waals surface area contributed by atoms with Crippen LogP contribution < -0.4 is 4.74 Å². The van der Waals surface area contributed by atoms with Crippen molar-refractivity contribution in [2.75, 3.05) is 6.61 Å². The number of hydrogen-bond acceptors (Lipinski definition) is 3. The van der Waals surface area contributed by atoms with Gasteiger partial charge in [0.1, 0.15) is 5.75 Å². The maximum atomic E-state index is 13.1. The van der Waals surface area contributed by atoms with Crippen molar-refractivity contribution in [2.24, 2.45) is 0 Å². The Bertz CT molecular complexity index is 608. The van der Waals surface area contributed by atoms with E-state index in [1.165, 1.54) is 19.1 Å². The smallest absolute Gasteiger partial charge is 0.430 e. The van der Waals surface area contributed by atoms with E-state index in [0.717, 1.165) is 6.08 Å². The van der Waals surface area contributed by atoms with Crippen molar-refractivity contribution in [2.45, 2.75) is 26.1 Å². The molecule has 0 aliphatic carbocycles. The van der Waals surface area contributed by atoms with Gasteiger partial charge in [-0.2, -0.15) is 13.2 Å². The summed E-state index contributed by atoms with van der Waals surface area (Å²) in [5.74, 6) is -0.988. The molecule has 1 aromatic carbocycles. The van der Waals surface area contributed by atoms with Gasteiger partial charge in [-0.3, -0.25) is 0 Å². The first-order chi connectivity index (χ1) is 9.74. The van der Waals surface area contributed by atoms with Crippen LogP contribution >= 0.6 is 11.6 Å². The second kappa shape index (κ2) is 5.60. The number of alkyl halides is 3. The molecule has 0 aromatic heterocycles. The number of fused-ring (bicyclic) bond motifs is 1. The molecule has 3 nitrogen and oxygen atoms in total. The molecule has 1 atom stereocenters. The molecule has 0 fully saturated rings. The highest BCUT2D eigenvalue weighted by Gasteiger charge is 2.49. The highest BCUT2D eigenvalue weighted by atomic mass is 35.5. The normalized spacial score (nSPS) is 17.6. The number of esters is 1. The molecular weight excluding hydrogens is 309 g/mol. The highest BCUT2D eigenvalue weighted by Crippen LogP contribution is 2.40. The van der Waals surface area contributed by atoms with E-state index in [9.17, 15) is 18.0 Å². The lowest BCUT2D eigenvalue weighted by Crippen LogP contribution is -2.41. The van der Waals surface area contributed by atoms with Crippen LogP contribution in [0, 0.1) is 6.92 Å². The summed E-state index contributed by atoms with van der Waals surface area (Å²) in [5.41, 5.74) is 0.202. The summed E-state index contributed by atoms with van der Waals surface area (Å²) in [6.07, 6.45) is -5.94. The molecule has 1 aromatic rings. The van der Waals surface area contributed by atoms with E-state index < -0.39 is 23.8 Å². The van der Waals surface area contributed by atoms with Crippen molar-refractivity contribution in [3.05, 3.63) is 33.9 Å². The van der Waals surface area contributed by atoms with E-state index in [0.29, 0.717) is 16.1 Å². The monoisotopic (exact) mass is 320 g/mol. The van der Waals surface area contributed by atoms with Crippen LogP contribution in [-0.4, -0.2) is 24.9 Å². The van der Waals surface area contributed by atoms with Gasteiger partial charge >= 0.3 is 12.1 Å². The molecule has 21 heavy (non-hydrogen) atoms. The minimum Gasteiger partial charge on any atom is -0.475 e. The Morgan fingerprint density at radius 1 is 1.43 bits per heavy atom. The number of carbonyl (C=O) groups is 1. The largest absolute Gasteiger partial charge is 0.475 e. The average molecular weight is 321 g/mol. The lowest BCUT2D eigenvalue weighted by molar-refractivity contribution is -0.188. The molecule has 0 amide bonds. The fourth-order valence-electron chi connectivity index (χ4n) is 2.07. The molecule has 1 aliphatic heterocycles. The molecule has 0 saturated heterocycles. The summed E-state index contributed by atoms with van der Waals surface area (Å²) in [5, 5.41) is 0.347. The molecule has 1 unspecified atom stereocenters. The quantitative estimate of drug-likeness (QED) is 0.775. The molecule has 0 bridgehead atoms. The molecule has 0 spiro atoms. The van der Waals surface area contributed by atoms with Crippen LogP contribution in [0.15, 0.2) is 17.7 Å². The van der Waals surface area contributed by atoms with Crippen LogP contribution in [0.5, 0.6) is 5.75 Å². The van der Waals surface area contributed by atoms with Crippen molar-refractivity contribution in [1.82, 2.24) is 0 Å². The van der Waals surface area contributed by atoms with Gasteiger partial charge in [0, 0.05) is 10.6 Å². The number of rotatable bonds is 2. The molecule has 0 radical (unpaired) electrons. The van der Waals surface area contributed by atoms with E-state index >= 15 is 0 Å². The summed E-state index contributed by atoms with van der Waals surface area (Å²) in [7, 11) is 0. The molecule has 1 aliphatic rings. The van der Waals surface area contributed by atoms with Crippen molar-refractivity contribution in [1.29, 1.82) is 0 Å². The fraction of sp³-hybridized carbons (Fsp3) is 0.357. The maximum absolute atomic E-state index is 13.1. The SMILES string of the molecule is CCOC(=O)C1=Cc2cc(Cl)cc(C)c2OC1C(F)(F)F. The molecule has 7 heteroatoms. The minimum absolute atomic E-state index is 0.0256. The third-order valence-electron chi connectivity index (χ3n) is 2.91. The van der Waals surface area contributed by atoms with Crippen LogP contribution in [0.3, 0.4) is 0 Å². The second-order valence-electron chi connectivity index (χ2n) is 4.50. The van der Waals surface area contributed by atoms with Crippen molar-refractivity contribution >= 4 is 23.6 Å². The fourth-order valence-corrected chi connectivity index (χ4v) is 2.35. The Hall–Kier alpha value is -1.69. The lowest BCUT2D eigenvalue weighted by Gasteiger charge is -2.28. The molecule has 114 valence electrons. The third-order valence-corrected chi connectivity index (χ3v) is 3.12. The van der Waals surface area contributed by atoms with Gasteiger partial charge in [0.15, 0.2) is 0 Å². The topological polar surface area (TPSA) is 35.5 Å². The first kappa shape index (κ1) is 15.7. The van der Waals surface area contributed by atoms with E-state index in [1.807, 2.05) is 0 Å².